The monoisotopic (exact) mass is 573 g/mol. The van der Waals surface area contributed by atoms with Crippen LogP contribution in [0.3, 0.4) is 0 Å². The molecule has 8 heteroatoms. The first-order valence-electron chi connectivity index (χ1n) is 14.0. The number of thioether (sulfide) groups is 1. The molecule has 3 amide bonds. The standard InChI is InChI=1S/C33H39N3O4S/c1-5-23-15-17-25(18-16-23)30(38)35-27(19-24-12-7-6-8-13-24)28(37)32(40)36-21-41-33(3,4)29(36)31(39)34-20-26-14-10-9-11-22(26)2/h6-18,27-29,37H,5,19-21H2,1-4H3,(H,34,39)(H,35,38)/t27-,28-,29+/m0/s1. The Labute approximate surface area is 246 Å². The topological polar surface area (TPSA) is 98.7 Å². The summed E-state index contributed by atoms with van der Waals surface area (Å²) in [6, 6.07) is 22.8. The lowest BCUT2D eigenvalue weighted by Gasteiger charge is -2.33. The molecule has 1 fully saturated rings. The Hall–Kier alpha value is -3.62. The van der Waals surface area contributed by atoms with Gasteiger partial charge in [0.25, 0.3) is 11.8 Å². The molecule has 4 rings (SSSR count). The number of nitrogens with zero attached hydrogens (tertiary/aromatic N) is 1. The van der Waals surface area contributed by atoms with Crippen LogP contribution < -0.4 is 10.6 Å². The van der Waals surface area contributed by atoms with E-state index in [1.54, 1.807) is 12.1 Å². The van der Waals surface area contributed by atoms with E-state index in [0.29, 0.717) is 12.1 Å². The van der Waals surface area contributed by atoms with Gasteiger partial charge < -0.3 is 20.6 Å². The van der Waals surface area contributed by atoms with Crippen LogP contribution in [0.25, 0.3) is 0 Å². The Morgan fingerprint density at radius 2 is 1.63 bits per heavy atom. The molecule has 1 heterocycles. The van der Waals surface area contributed by atoms with Crippen LogP contribution in [0.5, 0.6) is 0 Å². The summed E-state index contributed by atoms with van der Waals surface area (Å²) in [5.41, 5.74) is 4.50. The highest BCUT2D eigenvalue weighted by atomic mass is 32.2. The Morgan fingerprint density at radius 1 is 0.976 bits per heavy atom. The summed E-state index contributed by atoms with van der Waals surface area (Å²) < 4.78 is -0.565. The van der Waals surface area contributed by atoms with Gasteiger partial charge in [-0.2, -0.15) is 0 Å². The van der Waals surface area contributed by atoms with Gasteiger partial charge in [-0.15, -0.1) is 11.8 Å². The predicted octanol–water partition coefficient (Wildman–Crippen LogP) is 4.26. The number of benzene rings is 3. The van der Waals surface area contributed by atoms with Gasteiger partial charge in [-0.3, -0.25) is 14.4 Å². The van der Waals surface area contributed by atoms with E-state index in [9.17, 15) is 19.5 Å². The van der Waals surface area contributed by atoms with Gasteiger partial charge in [0.2, 0.25) is 5.91 Å². The minimum atomic E-state index is -1.55. The zero-order valence-corrected chi connectivity index (χ0v) is 24.9. The average Bonchev–Trinajstić information content (AvgIpc) is 3.30. The molecule has 0 aromatic heterocycles. The molecule has 1 aliphatic rings. The molecule has 1 aliphatic heterocycles. The van der Waals surface area contributed by atoms with Crippen molar-refractivity contribution < 1.29 is 19.5 Å². The summed E-state index contributed by atoms with van der Waals surface area (Å²) in [7, 11) is 0. The van der Waals surface area contributed by atoms with Gasteiger partial charge >= 0.3 is 0 Å². The van der Waals surface area contributed by atoms with Gasteiger partial charge in [0, 0.05) is 16.9 Å². The molecule has 0 unspecified atom stereocenters. The fraction of sp³-hybridized carbons (Fsp3) is 0.364. The Morgan fingerprint density at radius 3 is 2.29 bits per heavy atom. The first-order chi connectivity index (χ1) is 19.6. The fourth-order valence-electron chi connectivity index (χ4n) is 5.10. The maximum atomic E-state index is 13.8. The summed E-state index contributed by atoms with van der Waals surface area (Å²) in [6.45, 7) is 8.23. The summed E-state index contributed by atoms with van der Waals surface area (Å²) in [6.07, 6.45) is -0.438. The highest BCUT2D eigenvalue weighted by Gasteiger charge is 2.49. The Kier molecular flexibility index (Phi) is 9.89. The summed E-state index contributed by atoms with van der Waals surface area (Å²) in [4.78, 5) is 42.0. The average molecular weight is 574 g/mol. The van der Waals surface area contributed by atoms with Crippen LogP contribution in [0.2, 0.25) is 0 Å². The van der Waals surface area contributed by atoms with Crippen molar-refractivity contribution in [2.75, 3.05) is 5.88 Å². The number of carbonyl (C=O) groups is 3. The molecule has 3 N–H and O–H groups in total. The van der Waals surface area contributed by atoms with Crippen LogP contribution in [0.15, 0.2) is 78.9 Å². The van der Waals surface area contributed by atoms with Gasteiger partial charge in [-0.05, 0) is 68.0 Å². The zero-order chi connectivity index (χ0) is 29.6. The number of aryl methyl sites for hydroxylation is 2. The third-order valence-electron chi connectivity index (χ3n) is 7.67. The van der Waals surface area contributed by atoms with Crippen molar-refractivity contribution >= 4 is 29.5 Å². The minimum absolute atomic E-state index is 0.251. The minimum Gasteiger partial charge on any atom is -0.381 e. The van der Waals surface area contributed by atoms with Crippen LogP contribution in [-0.2, 0) is 29.0 Å². The van der Waals surface area contributed by atoms with E-state index in [4.69, 9.17) is 0 Å². The van der Waals surface area contributed by atoms with Crippen molar-refractivity contribution in [1.29, 1.82) is 0 Å². The molecule has 1 saturated heterocycles. The van der Waals surface area contributed by atoms with Crippen LogP contribution in [-0.4, -0.2) is 56.5 Å². The van der Waals surface area contributed by atoms with Gasteiger partial charge in [-0.25, -0.2) is 0 Å². The largest absolute Gasteiger partial charge is 0.381 e. The molecule has 41 heavy (non-hydrogen) atoms. The van der Waals surface area contributed by atoms with Crippen LogP contribution in [0.4, 0.5) is 0 Å². The highest BCUT2D eigenvalue weighted by Crippen LogP contribution is 2.40. The molecule has 3 aromatic rings. The normalized spacial score (nSPS) is 17.5. The summed E-state index contributed by atoms with van der Waals surface area (Å²) in [5.74, 6) is -0.968. The van der Waals surface area contributed by atoms with Crippen LogP contribution in [0, 0.1) is 6.92 Å². The SMILES string of the molecule is CCc1ccc(C(=O)N[C@@H](Cc2ccccc2)[C@H](O)C(=O)N2CSC(C)(C)[C@H]2C(=O)NCc2ccccc2C)cc1. The molecule has 3 aromatic carbocycles. The maximum Gasteiger partial charge on any atom is 0.254 e. The van der Waals surface area contributed by atoms with Crippen molar-refractivity contribution in [1.82, 2.24) is 15.5 Å². The Balaban J connectivity index is 1.53. The van der Waals surface area contributed by atoms with Crippen LogP contribution >= 0.6 is 11.8 Å². The first kappa shape index (κ1) is 30.3. The predicted molar refractivity (Wildman–Crippen MR) is 163 cm³/mol. The second-order valence-electron chi connectivity index (χ2n) is 11.0. The number of carbonyl (C=O) groups excluding carboxylic acids is 3. The zero-order valence-electron chi connectivity index (χ0n) is 24.1. The van der Waals surface area contributed by atoms with Gasteiger partial charge in [-0.1, -0.05) is 73.7 Å². The third-order valence-corrected chi connectivity index (χ3v) is 9.04. The van der Waals surface area contributed by atoms with E-state index < -0.39 is 28.8 Å². The molecule has 0 aliphatic carbocycles. The molecule has 0 radical (unpaired) electrons. The molecule has 7 nitrogen and oxygen atoms in total. The maximum absolute atomic E-state index is 13.8. The molecule has 0 spiro atoms. The van der Waals surface area contributed by atoms with Crippen molar-refractivity contribution in [3.8, 4) is 0 Å². The van der Waals surface area contributed by atoms with Crippen LogP contribution in [0.1, 0.15) is 53.4 Å². The van der Waals surface area contributed by atoms with E-state index in [-0.39, 0.29) is 24.1 Å². The fourth-order valence-corrected chi connectivity index (χ4v) is 6.24. The van der Waals surface area contributed by atoms with E-state index in [1.165, 1.54) is 16.7 Å². The number of nitrogens with one attached hydrogen (secondary N) is 2. The van der Waals surface area contributed by atoms with Gasteiger partial charge in [0.1, 0.15) is 6.04 Å². The molecule has 0 saturated carbocycles. The number of amides is 3. The Bertz CT molecular complexity index is 1360. The molecular weight excluding hydrogens is 534 g/mol. The van der Waals surface area contributed by atoms with Crippen molar-refractivity contribution in [2.45, 2.75) is 70.0 Å². The molecular formula is C33H39N3O4S. The van der Waals surface area contributed by atoms with Crippen molar-refractivity contribution in [3.05, 3.63) is 107 Å². The number of rotatable bonds is 10. The van der Waals surface area contributed by atoms with E-state index >= 15 is 0 Å². The quantitative estimate of drug-likeness (QED) is 0.337. The number of aliphatic hydroxyl groups is 1. The van der Waals surface area contributed by atoms with Crippen molar-refractivity contribution in [2.24, 2.45) is 0 Å². The number of hydrogen-bond donors (Lipinski definition) is 3. The lowest BCUT2D eigenvalue weighted by atomic mass is 9.96. The summed E-state index contributed by atoms with van der Waals surface area (Å²) >= 11 is 1.49. The number of aliphatic hydroxyl groups excluding tert-OH is 1. The second-order valence-corrected chi connectivity index (χ2v) is 12.6. The van der Waals surface area contributed by atoms with Crippen molar-refractivity contribution in [3.63, 3.8) is 0 Å². The van der Waals surface area contributed by atoms with E-state index in [0.717, 1.165) is 28.7 Å². The highest BCUT2D eigenvalue weighted by molar-refractivity contribution is 8.00. The first-order valence-corrected chi connectivity index (χ1v) is 15.0. The second kappa shape index (κ2) is 13.4. The van der Waals surface area contributed by atoms with Gasteiger partial charge in [0.05, 0.1) is 11.9 Å². The number of hydrogen-bond acceptors (Lipinski definition) is 5. The van der Waals surface area contributed by atoms with Gasteiger partial charge in [0.15, 0.2) is 6.10 Å². The molecule has 0 bridgehead atoms. The van der Waals surface area contributed by atoms with E-state index in [1.807, 2.05) is 94.4 Å². The lowest BCUT2D eigenvalue weighted by Crippen LogP contribution is -2.58. The summed E-state index contributed by atoms with van der Waals surface area (Å²) in [5, 5.41) is 17.3. The molecule has 216 valence electrons. The van der Waals surface area contributed by atoms with E-state index in [2.05, 4.69) is 10.6 Å². The molecule has 3 atom stereocenters. The third kappa shape index (κ3) is 7.37. The lowest BCUT2D eigenvalue weighted by molar-refractivity contribution is -0.147. The smallest absolute Gasteiger partial charge is 0.254 e.